The molecule has 0 spiro atoms. The monoisotopic (exact) mass is 417 g/mol. The summed E-state index contributed by atoms with van der Waals surface area (Å²) in [4.78, 5) is 16.8. The molecule has 0 aliphatic carbocycles. The number of hydrogen-bond acceptors (Lipinski definition) is 4. The molecule has 2 heterocycles. The van der Waals surface area contributed by atoms with E-state index in [0.717, 1.165) is 18.4 Å². The third kappa shape index (κ3) is 4.71. The van der Waals surface area contributed by atoms with E-state index >= 15 is 0 Å². The molecule has 2 aliphatic rings. The van der Waals surface area contributed by atoms with E-state index in [4.69, 9.17) is 0 Å². The number of rotatable bonds is 4. The predicted octanol–water partition coefficient (Wildman–Crippen LogP) is 3.44. The number of benzene rings is 1. The van der Waals surface area contributed by atoms with E-state index in [1.54, 1.807) is 0 Å². The Kier molecular flexibility index (Phi) is 6.46. The second-order valence-corrected chi connectivity index (χ2v) is 9.69. The summed E-state index contributed by atoms with van der Waals surface area (Å²) in [6.45, 7) is 10.6. The lowest BCUT2D eigenvalue weighted by Gasteiger charge is -2.24. The van der Waals surface area contributed by atoms with Gasteiger partial charge >= 0.3 is 0 Å². The Balaban J connectivity index is 1.78. The first-order chi connectivity index (χ1) is 13.7. The van der Waals surface area contributed by atoms with Crippen molar-refractivity contribution in [1.82, 2.24) is 9.80 Å². The van der Waals surface area contributed by atoms with Crippen molar-refractivity contribution in [3.8, 4) is 0 Å². The van der Waals surface area contributed by atoms with E-state index in [0.29, 0.717) is 60.4 Å². The zero-order valence-corrected chi connectivity index (χ0v) is 18.6. The smallest absolute Gasteiger partial charge is 0.285 e. The van der Waals surface area contributed by atoms with Crippen LogP contribution in [0.15, 0.2) is 34.2 Å². The minimum Gasteiger partial charge on any atom is -0.354 e. The van der Waals surface area contributed by atoms with Gasteiger partial charge in [-0.15, -0.1) is 4.40 Å². The Hall–Kier alpha value is -2.15. The second-order valence-electron chi connectivity index (χ2n) is 8.15. The minimum atomic E-state index is -3.72. The molecule has 2 aliphatic heterocycles. The molecule has 7 heteroatoms. The highest BCUT2D eigenvalue weighted by molar-refractivity contribution is 8.00. The molecule has 0 saturated carbocycles. The van der Waals surface area contributed by atoms with Gasteiger partial charge in [0.05, 0.1) is 0 Å². The van der Waals surface area contributed by atoms with Gasteiger partial charge in [-0.05, 0) is 31.7 Å². The summed E-state index contributed by atoms with van der Waals surface area (Å²) >= 11 is 0. The van der Waals surface area contributed by atoms with E-state index < -0.39 is 10.0 Å². The lowest BCUT2D eigenvalue weighted by molar-refractivity contribution is -0.131. The minimum absolute atomic E-state index is 0.190. The van der Waals surface area contributed by atoms with Crippen molar-refractivity contribution in [2.75, 3.05) is 26.2 Å². The maximum Gasteiger partial charge on any atom is 0.285 e. The number of nitrogens with zero attached hydrogens (tertiary/aromatic N) is 3. The van der Waals surface area contributed by atoms with Gasteiger partial charge in [-0.1, -0.05) is 50.1 Å². The number of amidine groups is 1. The molecule has 29 heavy (non-hydrogen) atoms. The van der Waals surface area contributed by atoms with Gasteiger partial charge in [0.25, 0.3) is 10.0 Å². The molecule has 1 fully saturated rings. The molecule has 1 aromatic carbocycles. The summed E-state index contributed by atoms with van der Waals surface area (Å²) in [6.07, 6.45) is 2.37. The van der Waals surface area contributed by atoms with Crippen molar-refractivity contribution in [2.45, 2.75) is 47.0 Å². The van der Waals surface area contributed by atoms with E-state index in [1.807, 2.05) is 47.9 Å². The van der Waals surface area contributed by atoms with E-state index in [-0.39, 0.29) is 5.91 Å². The fraction of sp³-hybridized carbons (Fsp3) is 0.545. The zero-order valence-electron chi connectivity index (χ0n) is 17.8. The van der Waals surface area contributed by atoms with Gasteiger partial charge in [-0.25, -0.2) is 0 Å². The summed E-state index contributed by atoms with van der Waals surface area (Å²) in [5.41, 5.74) is 2.44. The molecule has 1 atom stereocenters. The molecule has 1 amide bonds. The highest BCUT2D eigenvalue weighted by atomic mass is 32.2. The van der Waals surface area contributed by atoms with Crippen LogP contribution in [0, 0.1) is 12.8 Å². The standard InChI is InChI=1S/C22H31N3O3S/c1-5-16(2)15-20(26)24-11-6-12-25(14-13-24)22-18(4)21(29(27,28)23-22)19-9-7-17(3)8-10-19/h7-10,16H,5-6,11-15H2,1-4H3/t16-/m1/s1. The van der Waals surface area contributed by atoms with Crippen LogP contribution in [0.4, 0.5) is 0 Å². The number of hydrogen-bond donors (Lipinski definition) is 0. The normalized spacial score (nSPS) is 20.5. The number of amides is 1. The van der Waals surface area contributed by atoms with Gasteiger partial charge in [0.2, 0.25) is 5.91 Å². The van der Waals surface area contributed by atoms with Crippen molar-refractivity contribution >= 4 is 26.7 Å². The van der Waals surface area contributed by atoms with E-state index in [1.165, 1.54) is 0 Å². The van der Waals surface area contributed by atoms with Crippen LogP contribution >= 0.6 is 0 Å². The van der Waals surface area contributed by atoms with Crippen LogP contribution in [0.1, 0.15) is 51.2 Å². The number of carbonyl (C=O) groups is 1. The molecule has 0 unspecified atom stereocenters. The highest BCUT2D eigenvalue weighted by Crippen LogP contribution is 2.34. The Bertz CT molecular complexity index is 933. The SMILES string of the molecule is CC[C@@H](C)CC(=O)N1CCCN(C2=NS(=O)(=O)C(c3ccc(C)cc3)=C2C)CC1. The largest absolute Gasteiger partial charge is 0.354 e. The fourth-order valence-electron chi connectivity index (χ4n) is 3.84. The lowest BCUT2D eigenvalue weighted by atomic mass is 10.0. The number of sulfonamides is 1. The van der Waals surface area contributed by atoms with Gasteiger partial charge in [0.15, 0.2) is 0 Å². The summed E-state index contributed by atoms with van der Waals surface area (Å²) in [7, 11) is -3.72. The maximum absolute atomic E-state index is 12.8. The van der Waals surface area contributed by atoms with Crippen LogP contribution in [-0.2, 0) is 14.8 Å². The Morgan fingerprint density at radius 3 is 2.45 bits per heavy atom. The first kappa shape index (κ1) is 21.6. The van der Waals surface area contributed by atoms with Crippen molar-refractivity contribution in [2.24, 2.45) is 10.3 Å². The second kappa shape index (κ2) is 8.69. The molecule has 0 N–H and O–H groups in total. The maximum atomic E-state index is 12.8. The Morgan fingerprint density at radius 2 is 1.79 bits per heavy atom. The Labute approximate surface area is 174 Å². The molecule has 3 rings (SSSR count). The summed E-state index contributed by atoms with van der Waals surface area (Å²) in [6, 6.07) is 7.50. The van der Waals surface area contributed by atoms with Crippen molar-refractivity contribution in [1.29, 1.82) is 0 Å². The van der Waals surface area contributed by atoms with Crippen LogP contribution in [0.2, 0.25) is 0 Å². The van der Waals surface area contributed by atoms with Gasteiger partial charge in [-0.3, -0.25) is 4.79 Å². The van der Waals surface area contributed by atoms with Crippen LogP contribution < -0.4 is 0 Å². The zero-order chi connectivity index (χ0) is 21.2. The Morgan fingerprint density at radius 1 is 1.10 bits per heavy atom. The first-order valence-corrected chi connectivity index (χ1v) is 11.8. The van der Waals surface area contributed by atoms with Crippen molar-refractivity contribution in [3.05, 3.63) is 41.0 Å². The van der Waals surface area contributed by atoms with E-state index in [2.05, 4.69) is 18.2 Å². The molecule has 1 aromatic rings. The van der Waals surface area contributed by atoms with Gasteiger partial charge in [0, 0.05) is 38.2 Å². The van der Waals surface area contributed by atoms with Gasteiger partial charge in [-0.2, -0.15) is 8.42 Å². The highest BCUT2D eigenvalue weighted by Gasteiger charge is 2.34. The molecule has 6 nitrogen and oxygen atoms in total. The van der Waals surface area contributed by atoms with Crippen molar-refractivity contribution in [3.63, 3.8) is 0 Å². The van der Waals surface area contributed by atoms with Crippen LogP contribution in [0.5, 0.6) is 0 Å². The van der Waals surface area contributed by atoms with Gasteiger partial charge in [0.1, 0.15) is 10.7 Å². The molecule has 0 bridgehead atoms. The molecule has 158 valence electrons. The number of carbonyl (C=O) groups excluding carboxylic acids is 1. The van der Waals surface area contributed by atoms with Crippen LogP contribution in [-0.4, -0.2) is 56.1 Å². The summed E-state index contributed by atoms with van der Waals surface area (Å²) in [5.74, 6) is 1.10. The van der Waals surface area contributed by atoms with E-state index in [9.17, 15) is 13.2 Å². The quantitative estimate of drug-likeness (QED) is 0.752. The molecule has 1 saturated heterocycles. The average molecular weight is 418 g/mol. The summed E-state index contributed by atoms with van der Waals surface area (Å²) in [5, 5.41) is 0. The summed E-state index contributed by atoms with van der Waals surface area (Å²) < 4.78 is 29.7. The topological polar surface area (TPSA) is 70.1 Å². The third-order valence-electron chi connectivity index (χ3n) is 5.82. The van der Waals surface area contributed by atoms with Gasteiger partial charge < -0.3 is 9.80 Å². The lowest BCUT2D eigenvalue weighted by Crippen LogP contribution is -2.37. The fourth-order valence-corrected chi connectivity index (χ4v) is 5.32. The molecule has 0 radical (unpaired) electrons. The van der Waals surface area contributed by atoms with Crippen molar-refractivity contribution < 1.29 is 13.2 Å². The predicted molar refractivity (Wildman–Crippen MR) is 117 cm³/mol. The number of aryl methyl sites for hydroxylation is 1. The first-order valence-electron chi connectivity index (χ1n) is 10.4. The average Bonchev–Trinajstić information content (AvgIpc) is 2.83. The molecular weight excluding hydrogens is 386 g/mol. The van der Waals surface area contributed by atoms with Crippen LogP contribution in [0.3, 0.4) is 0 Å². The molecular formula is C22H31N3O3S. The van der Waals surface area contributed by atoms with Crippen LogP contribution in [0.25, 0.3) is 4.91 Å². The third-order valence-corrected chi connectivity index (χ3v) is 7.29. The molecule has 0 aromatic heterocycles.